The van der Waals surface area contributed by atoms with Gasteiger partial charge in [-0.25, -0.2) is 4.39 Å². The van der Waals surface area contributed by atoms with E-state index in [0.29, 0.717) is 6.54 Å². The molecule has 1 aromatic carbocycles. The van der Waals surface area contributed by atoms with Gasteiger partial charge in [-0.15, -0.1) is 0 Å². The summed E-state index contributed by atoms with van der Waals surface area (Å²) < 4.78 is 13.1. The molecule has 0 saturated carbocycles. The summed E-state index contributed by atoms with van der Waals surface area (Å²) >= 11 is 0. The van der Waals surface area contributed by atoms with E-state index in [0.717, 1.165) is 22.4 Å². The number of rotatable bonds is 2. The van der Waals surface area contributed by atoms with Crippen LogP contribution in [-0.2, 0) is 6.54 Å². The molecule has 2 nitrogen and oxygen atoms in total. The standard InChI is InChI=1S/C13H13FN2/c1-9-6-10(4-5-16-9)13-3-2-12(14)7-11(13)8-15/h2-7H,8,15H2,1H3. The summed E-state index contributed by atoms with van der Waals surface area (Å²) in [7, 11) is 0. The first-order chi connectivity index (χ1) is 7.70. The lowest BCUT2D eigenvalue weighted by Crippen LogP contribution is -2.00. The first-order valence-corrected chi connectivity index (χ1v) is 5.12. The van der Waals surface area contributed by atoms with Crippen molar-refractivity contribution < 1.29 is 4.39 Å². The van der Waals surface area contributed by atoms with Crippen LogP contribution < -0.4 is 5.73 Å². The van der Waals surface area contributed by atoms with Gasteiger partial charge in [0.15, 0.2) is 0 Å². The van der Waals surface area contributed by atoms with Crippen molar-refractivity contribution in [3.63, 3.8) is 0 Å². The number of pyridine rings is 1. The Morgan fingerprint density at radius 3 is 2.75 bits per heavy atom. The molecule has 0 aliphatic carbocycles. The second-order valence-electron chi connectivity index (χ2n) is 3.69. The lowest BCUT2D eigenvalue weighted by Gasteiger charge is -2.08. The molecule has 0 aliphatic rings. The molecule has 2 rings (SSSR count). The van der Waals surface area contributed by atoms with Crippen LogP contribution in [0.1, 0.15) is 11.3 Å². The molecule has 2 N–H and O–H groups in total. The molecule has 0 amide bonds. The molecule has 82 valence electrons. The van der Waals surface area contributed by atoms with Gasteiger partial charge in [0.25, 0.3) is 0 Å². The fourth-order valence-electron chi connectivity index (χ4n) is 1.73. The highest BCUT2D eigenvalue weighted by Crippen LogP contribution is 2.24. The first-order valence-electron chi connectivity index (χ1n) is 5.12. The Labute approximate surface area is 93.9 Å². The molecular weight excluding hydrogens is 203 g/mol. The van der Waals surface area contributed by atoms with Crippen molar-refractivity contribution in [1.82, 2.24) is 4.98 Å². The zero-order valence-corrected chi connectivity index (χ0v) is 9.07. The van der Waals surface area contributed by atoms with Gasteiger partial charge in [0.2, 0.25) is 0 Å². The molecule has 3 heteroatoms. The second-order valence-corrected chi connectivity index (χ2v) is 3.69. The van der Waals surface area contributed by atoms with Crippen molar-refractivity contribution in [3.05, 3.63) is 53.6 Å². The number of aryl methyl sites for hydroxylation is 1. The second kappa shape index (κ2) is 4.41. The lowest BCUT2D eigenvalue weighted by atomic mass is 10.00. The van der Waals surface area contributed by atoms with Gasteiger partial charge in [0, 0.05) is 18.4 Å². The van der Waals surface area contributed by atoms with Crippen molar-refractivity contribution in [1.29, 1.82) is 0 Å². The topological polar surface area (TPSA) is 38.9 Å². The largest absolute Gasteiger partial charge is 0.326 e. The number of benzene rings is 1. The molecule has 0 aliphatic heterocycles. The maximum absolute atomic E-state index is 13.1. The van der Waals surface area contributed by atoms with Gasteiger partial charge in [-0.3, -0.25) is 4.98 Å². The number of hydrogen-bond acceptors (Lipinski definition) is 2. The summed E-state index contributed by atoms with van der Waals surface area (Å²) in [6.45, 7) is 2.25. The predicted octanol–water partition coefficient (Wildman–Crippen LogP) is 2.65. The van der Waals surface area contributed by atoms with Crippen LogP contribution in [0.2, 0.25) is 0 Å². The van der Waals surface area contributed by atoms with Crippen LogP contribution in [0.5, 0.6) is 0 Å². The summed E-state index contributed by atoms with van der Waals surface area (Å²) in [5.74, 6) is -0.255. The average molecular weight is 216 g/mol. The Kier molecular flexibility index (Phi) is 2.97. The molecule has 1 heterocycles. The van der Waals surface area contributed by atoms with Crippen LogP contribution >= 0.6 is 0 Å². The van der Waals surface area contributed by atoms with Crippen LogP contribution in [0.15, 0.2) is 36.5 Å². The van der Waals surface area contributed by atoms with E-state index in [1.807, 2.05) is 19.1 Å². The third-order valence-corrected chi connectivity index (χ3v) is 2.49. The zero-order valence-electron chi connectivity index (χ0n) is 9.07. The van der Waals surface area contributed by atoms with E-state index >= 15 is 0 Å². The average Bonchev–Trinajstić information content (AvgIpc) is 2.28. The molecule has 0 atom stereocenters. The van der Waals surface area contributed by atoms with Crippen molar-refractivity contribution in [2.75, 3.05) is 0 Å². The Hall–Kier alpha value is -1.74. The molecule has 2 aromatic rings. The summed E-state index contributed by atoms with van der Waals surface area (Å²) in [4.78, 5) is 4.13. The van der Waals surface area contributed by atoms with E-state index in [4.69, 9.17) is 5.73 Å². The quantitative estimate of drug-likeness (QED) is 0.838. The normalized spacial score (nSPS) is 10.4. The molecule has 0 bridgehead atoms. The van der Waals surface area contributed by atoms with Crippen molar-refractivity contribution in [3.8, 4) is 11.1 Å². The molecule has 16 heavy (non-hydrogen) atoms. The van der Waals surface area contributed by atoms with Crippen LogP contribution in [0.25, 0.3) is 11.1 Å². The minimum atomic E-state index is -0.255. The molecule has 0 saturated heterocycles. The Balaban J connectivity index is 2.55. The summed E-state index contributed by atoms with van der Waals surface area (Å²) in [6, 6.07) is 8.55. The maximum atomic E-state index is 13.1. The number of nitrogens with two attached hydrogens (primary N) is 1. The van der Waals surface area contributed by atoms with E-state index < -0.39 is 0 Å². The van der Waals surface area contributed by atoms with Crippen LogP contribution in [0, 0.1) is 12.7 Å². The summed E-state index contributed by atoms with van der Waals surface area (Å²) in [6.07, 6.45) is 1.74. The van der Waals surface area contributed by atoms with Crippen molar-refractivity contribution in [2.45, 2.75) is 13.5 Å². The van der Waals surface area contributed by atoms with Gasteiger partial charge < -0.3 is 5.73 Å². The fourth-order valence-corrected chi connectivity index (χ4v) is 1.73. The van der Waals surface area contributed by atoms with Gasteiger partial charge >= 0.3 is 0 Å². The molecule has 0 unspecified atom stereocenters. The highest BCUT2D eigenvalue weighted by atomic mass is 19.1. The molecule has 1 aromatic heterocycles. The Morgan fingerprint density at radius 2 is 2.06 bits per heavy atom. The van der Waals surface area contributed by atoms with Gasteiger partial charge in [0.05, 0.1) is 0 Å². The molecule has 0 fully saturated rings. The van der Waals surface area contributed by atoms with E-state index in [9.17, 15) is 4.39 Å². The van der Waals surface area contributed by atoms with Crippen LogP contribution in [0.4, 0.5) is 4.39 Å². The number of aromatic nitrogens is 1. The third-order valence-electron chi connectivity index (χ3n) is 2.49. The van der Waals surface area contributed by atoms with Crippen molar-refractivity contribution >= 4 is 0 Å². The van der Waals surface area contributed by atoms with E-state index in [2.05, 4.69) is 4.98 Å². The lowest BCUT2D eigenvalue weighted by molar-refractivity contribution is 0.625. The molecule has 0 spiro atoms. The van der Waals surface area contributed by atoms with Gasteiger partial charge in [-0.2, -0.15) is 0 Å². The highest BCUT2D eigenvalue weighted by molar-refractivity contribution is 5.67. The van der Waals surface area contributed by atoms with E-state index in [-0.39, 0.29) is 5.82 Å². The highest BCUT2D eigenvalue weighted by Gasteiger charge is 2.05. The third kappa shape index (κ3) is 2.09. The zero-order chi connectivity index (χ0) is 11.5. The van der Waals surface area contributed by atoms with E-state index in [1.54, 1.807) is 12.3 Å². The number of nitrogens with zero attached hydrogens (tertiary/aromatic N) is 1. The SMILES string of the molecule is Cc1cc(-c2ccc(F)cc2CN)ccn1. The number of halogens is 1. The van der Waals surface area contributed by atoms with Gasteiger partial charge in [-0.05, 0) is 47.9 Å². The number of hydrogen-bond donors (Lipinski definition) is 1. The maximum Gasteiger partial charge on any atom is 0.123 e. The molecular formula is C13H13FN2. The summed E-state index contributed by atoms with van der Waals surface area (Å²) in [5, 5.41) is 0. The van der Waals surface area contributed by atoms with Crippen molar-refractivity contribution in [2.24, 2.45) is 5.73 Å². The monoisotopic (exact) mass is 216 g/mol. The summed E-state index contributed by atoms with van der Waals surface area (Å²) in [5.41, 5.74) is 9.35. The smallest absolute Gasteiger partial charge is 0.123 e. The minimum absolute atomic E-state index is 0.255. The van der Waals surface area contributed by atoms with Gasteiger partial charge in [-0.1, -0.05) is 6.07 Å². The van der Waals surface area contributed by atoms with Crippen LogP contribution in [-0.4, -0.2) is 4.98 Å². The van der Waals surface area contributed by atoms with E-state index in [1.165, 1.54) is 12.1 Å². The van der Waals surface area contributed by atoms with Crippen LogP contribution in [0.3, 0.4) is 0 Å². The predicted molar refractivity (Wildman–Crippen MR) is 62.3 cm³/mol. The first kappa shape index (κ1) is 10.8. The Bertz CT molecular complexity index is 509. The molecule has 0 radical (unpaired) electrons. The fraction of sp³-hybridized carbons (Fsp3) is 0.154. The Morgan fingerprint density at radius 1 is 1.25 bits per heavy atom. The van der Waals surface area contributed by atoms with Gasteiger partial charge in [0.1, 0.15) is 5.82 Å². The minimum Gasteiger partial charge on any atom is -0.326 e.